The molecule has 2 rings (SSSR count). The van der Waals surface area contributed by atoms with Crippen LogP contribution in [-0.2, 0) is 9.53 Å². The first-order chi connectivity index (χ1) is 9.79. The summed E-state index contributed by atoms with van der Waals surface area (Å²) in [5, 5.41) is 0.500. The summed E-state index contributed by atoms with van der Waals surface area (Å²) in [6, 6.07) is 8.07. The summed E-state index contributed by atoms with van der Waals surface area (Å²) in [5.74, 6) is -0.894. The number of aromatic amines is 1. The number of fused-ring (bicyclic) bond motifs is 1. The van der Waals surface area contributed by atoms with Crippen LogP contribution in [0.2, 0.25) is 0 Å². The lowest BCUT2D eigenvalue weighted by molar-refractivity contribution is -0.129. The van der Waals surface area contributed by atoms with E-state index in [0.29, 0.717) is 10.9 Å². The van der Waals surface area contributed by atoms with Crippen molar-refractivity contribution in [2.24, 2.45) is 5.41 Å². The van der Waals surface area contributed by atoms with E-state index >= 15 is 0 Å². The van der Waals surface area contributed by atoms with E-state index in [1.165, 1.54) is 6.07 Å². The molecular weight excluding hydrogens is 270 g/mol. The monoisotopic (exact) mass is 287 g/mol. The zero-order chi connectivity index (χ0) is 15.6. The Kier molecular flexibility index (Phi) is 3.93. The van der Waals surface area contributed by atoms with E-state index in [-0.39, 0.29) is 23.5 Å². The number of para-hydroxylation sites is 1. The van der Waals surface area contributed by atoms with Crippen LogP contribution >= 0.6 is 0 Å². The Hall–Kier alpha value is -2.43. The van der Waals surface area contributed by atoms with Crippen molar-refractivity contribution < 1.29 is 14.3 Å². The van der Waals surface area contributed by atoms with Gasteiger partial charge in [-0.2, -0.15) is 0 Å². The molecule has 1 aromatic heterocycles. The zero-order valence-corrected chi connectivity index (χ0v) is 12.2. The number of ketones is 1. The van der Waals surface area contributed by atoms with Gasteiger partial charge in [0.15, 0.2) is 17.8 Å². The molecule has 1 N–H and O–H groups in total. The fourth-order valence-electron chi connectivity index (χ4n) is 1.73. The number of rotatable bonds is 3. The second kappa shape index (κ2) is 5.52. The molecule has 0 aliphatic rings. The maximum Gasteiger partial charge on any atom is 0.355 e. The van der Waals surface area contributed by atoms with Crippen LogP contribution in [0.15, 0.2) is 35.1 Å². The number of ether oxygens (including phenoxy) is 1. The Morgan fingerprint density at radius 3 is 2.52 bits per heavy atom. The molecule has 5 heteroatoms. The number of hydrogen-bond acceptors (Lipinski definition) is 4. The van der Waals surface area contributed by atoms with E-state index in [1.54, 1.807) is 45.0 Å². The van der Waals surface area contributed by atoms with Gasteiger partial charge in [-0.3, -0.25) is 9.59 Å². The molecular formula is C16H17NO4. The highest BCUT2D eigenvalue weighted by Gasteiger charge is 2.23. The molecule has 0 atom stereocenters. The number of hydrogen-bond donors (Lipinski definition) is 1. The number of Topliss-reactive ketones (excluding diaryl/α,β-unsaturated/α-hetero) is 1. The summed E-state index contributed by atoms with van der Waals surface area (Å²) in [5.41, 5.74) is -0.241. The van der Waals surface area contributed by atoms with Crippen LogP contribution in [0.3, 0.4) is 0 Å². The number of H-pyrrole nitrogens is 1. The van der Waals surface area contributed by atoms with Crippen LogP contribution in [0.5, 0.6) is 0 Å². The summed E-state index contributed by atoms with van der Waals surface area (Å²) >= 11 is 0. The smallest absolute Gasteiger partial charge is 0.355 e. The van der Waals surface area contributed by atoms with Crippen LogP contribution in [0.25, 0.3) is 10.9 Å². The van der Waals surface area contributed by atoms with Crippen molar-refractivity contribution in [3.05, 3.63) is 46.2 Å². The van der Waals surface area contributed by atoms with E-state index in [4.69, 9.17) is 4.74 Å². The first kappa shape index (κ1) is 15.0. The molecule has 0 fully saturated rings. The van der Waals surface area contributed by atoms with Crippen molar-refractivity contribution in [1.82, 2.24) is 4.98 Å². The highest BCUT2D eigenvalue weighted by Crippen LogP contribution is 2.15. The first-order valence-corrected chi connectivity index (χ1v) is 6.61. The van der Waals surface area contributed by atoms with E-state index in [1.807, 2.05) is 0 Å². The second-order valence-corrected chi connectivity index (χ2v) is 5.84. The number of benzene rings is 1. The molecule has 1 aromatic carbocycles. The molecule has 1 heterocycles. The van der Waals surface area contributed by atoms with Crippen LogP contribution in [0.1, 0.15) is 31.3 Å². The van der Waals surface area contributed by atoms with E-state index in [2.05, 4.69) is 4.98 Å². The molecule has 0 saturated carbocycles. The Labute approximate surface area is 121 Å². The van der Waals surface area contributed by atoms with Gasteiger partial charge in [0.05, 0.1) is 0 Å². The summed E-state index contributed by atoms with van der Waals surface area (Å²) in [6.45, 7) is 4.94. The average Bonchev–Trinajstić information content (AvgIpc) is 2.43. The Bertz CT molecular complexity index is 753. The van der Waals surface area contributed by atoms with Gasteiger partial charge < -0.3 is 9.72 Å². The fraction of sp³-hybridized carbons (Fsp3) is 0.312. The predicted octanol–water partition coefficient (Wildman–Crippen LogP) is 2.30. The van der Waals surface area contributed by atoms with E-state index in [0.717, 1.165) is 0 Å². The molecule has 0 radical (unpaired) electrons. The van der Waals surface area contributed by atoms with Gasteiger partial charge in [-0.15, -0.1) is 0 Å². The van der Waals surface area contributed by atoms with Crippen molar-refractivity contribution in [1.29, 1.82) is 0 Å². The van der Waals surface area contributed by atoms with Gasteiger partial charge in [0.1, 0.15) is 5.69 Å². The third-order valence-corrected chi connectivity index (χ3v) is 3.13. The first-order valence-electron chi connectivity index (χ1n) is 6.61. The highest BCUT2D eigenvalue weighted by molar-refractivity contribution is 5.93. The van der Waals surface area contributed by atoms with Gasteiger partial charge in [-0.25, -0.2) is 4.79 Å². The second-order valence-electron chi connectivity index (χ2n) is 5.84. The Morgan fingerprint density at radius 2 is 1.86 bits per heavy atom. The molecule has 0 spiro atoms. The standard InChI is InChI=1S/C16H17NO4/c1-16(2,3)14(19)9-21-15(20)12-8-13(18)10-6-4-5-7-11(10)17-12/h4-8H,9H2,1-3H3,(H,17,18). The molecule has 0 saturated heterocycles. The summed E-state index contributed by atoms with van der Waals surface area (Å²) in [7, 11) is 0. The number of esters is 1. The summed E-state index contributed by atoms with van der Waals surface area (Å²) in [4.78, 5) is 38.4. The lowest BCUT2D eigenvalue weighted by atomic mass is 9.91. The van der Waals surface area contributed by atoms with Crippen molar-refractivity contribution in [3.63, 3.8) is 0 Å². The van der Waals surface area contributed by atoms with Crippen molar-refractivity contribution >= 4 is 22.7 Å². The molecule has 21 heavy (non-hydrogen) atoms. The topological polar surface area (TPSA) is 76.2 Å². The Morgan fingerprint density at radius 1 is 1.19 bits per heavy atom. The van der Waals surface area contributed by atoms with Crippen LogP contribution in [-0.4, -0.2) is 23.3 Å². The molecule has 0 unspecified atom stereocenters. The average molecular weight is 287 g/mol. The quantitative estimate of drug-likeness (QED) is 0.879. The molecule has 2 aromatic rings. The van der Waals surface area contributed by atoms with Crippen molar-refractivity contribution in [2.45, 2.75) is 20.8 Å². The number of carbonyl (C=O) groups is 2. The SMILES string of the molecule is CC(C)(C)C(=O)COC(=O)c1cc(=O)c2ccccc2[nH]1. The lowest BCUT2D eigenvalue weighted by Gasteiger charge is -2.16. The summed E-state index contributed by atoms with van der Waals surface area (Å²) in [6.07, 6.45) is 0. The number of aromatic nitrogens is 1. The van der Waals surface area contributed by atoms with E-state index in [9.17, 15) is 14.4 Å². The predicted molar refractivity (Wildman–Crippen MR) is 79.3 cm³/mol. The normalized spacial score (nSPS) is 11.4. The van der Waals surface area contributed by atoms with Crippen molar-refractivity contribution in [3.8, 4) is 0 Å². The van der Waals surface area contributed by atoms with E-state index < -0.39 is 11.4 Å². The zero-order valence-electron chi connectivity index (χ0n) is 12.2. The number of carbonyl (C=O) groups excluding carboxylic acids is 2. The fourth-order valence-corrected chi connectivity index (χ4v) is 1.73. The minimum Gasteiger partial charge on any atom is -0.453 e. The van der Waals surface area contributed by atoms with Crippen molar-refractivity contribution in [2.75, 3.05) is 6.61 Å². The van der Waals surface area contributed by atoms with Crippen LogP contribution < -0.4 is 5.43 Å². The minimum absolute atomic E-state index is 0.0420. The number of pyridine rings is 1. The highest BCUT2D eigenvalue weighted by atomic mass is 16.5. The van der Waals surface area contributed by atoms with Gasteiger partial charge in [0.25, 0.3) is 0 Å². The van der Waals surface area contributed by atoms with Crippen LogP contribution in [0.4, 0.5) is 0 Å². The molecule has 0 bridgehead atoms. The summed E-state index contributed by atoms with van der Waals surface area (Å²) < 4.78 is 4.96. The largest absolute Gasteiger partial charge is 0.453 e. The Balaban J connectivity index is 2.21. The maximum absolute atomic E-state index is 11.9. The molecule has 110 valence electrons. The molecule has 5 nitrogen and oxygen atoms in total. The van der Waals surface area contributed by atoms with Gasteiger partial charge in [-0.05, 0) is 12.1 Å². The minimum atomic E-state index is -0.713. The third kappa shape index (κ3) is 3.37. The van der Waals surface area contributed by atoms with Gasteiger partial charge in [-0.1, -0.05) is 32.9 Å². The molecule has 0 aliphatic heterocycles. The van der Waals surface area contributed by atoms with Crippen LogP contribution in [0, 0.1) is 5.41 Å². The maximum atomic E-state index is 11.9. The van der Waals surface area contributed by atoms with Gasteiger partial charge >= 0.3 is 5.97 Å². The van der Waals surface area contributed by atoms with Gasteiger partial charge in [0.2, 0.25) is 0 Å². The van der Waals surface area contributed by atoms with Gasteiger partial charge in [0, 0.05) is 22.4 Å². The number of nitrogens with one attached hydrogen (secondary N) is 1. The molecule has 0 aliphatic carbocycles. The molecule has 0 amide bonds. The lowest BCUT2D eigenvalue weighted by Crippen LogP contribution is -2.26. The third-order valence-electron chi connectivity index (χ3n) is 3.13.